The number of carbonyl (C=O) groups excluding carboxylic acids is 2. The molecule has 0 saturated heterocycles. The Morgan fingerprint density at radius 1 is 0.929 bits per heavy atom. The van der Waals surface area contributed by atoms with Crippen molar-refractivity contribution in [2.75, 3.05) is 19.5 Å². The van der Waals surface area contributed by atoms with Gasteiger partial charge in [0.2, 0.25) is 0 Å². The van der Waals surface area contributed by atoms with Crippen molar-refractivity contribution in [3.63, 3.8) is 0 Å². The van der Waals surface area contributed by atoms with E-state index >= 15 is 0 Å². The van der Waals surface area contributed by atoms with Gasteiger partial charge in [0.05, 0.1) is 31.7 Å². The molecule has 3 rings (SSSR count). The zero-order valence-electron chi connectivity index (χ0n) is 16.0. The lowest BCUT2D eigenvalue weighted by Crippen LogP contribution is -2.46. The Balaban J connectivity index is 1.93. The Labute approximate surface area is 164 Å². The van der Waals surface area contributed by atoms with Crippen molar-refractivity contribution in [3.8, 4) is 0 Å². The predicted octanol–water partition coefficient (Wildman–Crippen LogP) is 3.61. The Hall–Kier alpha value is -3.15. The molecule has 0 amide bonds. The van der Waals surface area contributed by atoms with Gasteiger partial charge in [-0.25, -0.2) is 0 Å². The second kappa shape index (κ2) is 9.17. The van der Waals surface area contributed by atoms with Gasteiger partial charge in [0.1, 0.15) is 0 Å². The maximum absolute atomic E-state index is 12.5. The van der Waals surface area contributed by atoms with Crippen molar-refractivity contribution in [1.82, 2.24) is 0 Å². The molecule has 1 aliphatic rings. The number of anilines is 1. The third-order valence-corrected chi connectivity index (χ3v) is 4.95. The quantitative estimate of drug-likeness (QED) is 0.802. The SMILES string of the molecule is COC(=O)C1CC(Nc2ccccc2)C(C(=O)OC)CC1=Nc1ccccc1. The summed E-state index contributed by atoms with van der Waals surface area (Å²) < 4.78 is 10.0. The summed E-state index contributed by atoms with van der Waals surface area (Å²) in [6.45, 7) is 0. The third-order valence-electron chi connectivity index (χ3n) is 4.95. The van der Waals surface area contributed by atoms with E-state index in [1.165, 1.54) is 14.2 Å². The highest BCUT2D eigenvalue weighted by molar-refractivity contribution is 6.05. The molecule has 2 aromatic carbocycles. The summed E-state index contributed by atoms with van der Waals surface area (Å²) >= 11 is 0. The fourth-order valence-corrected chi connectivity index (χ4v) is 3.54. The Morgan fingerprint density at radius 2 is 1.54 bits per heavy atom. The van der Waals surface area contributed by atoms with Gasteiger partial charge in [-0.2, -0.15) is 0 Å². The number of hydrogen-bond acceptors (Lipinski definition) is 6. The fourth-order valence-electron chi connectivity index (χ4n) is 3.54. The van der Waals surface area contributed by atoms with Crippen molar-refractivity contribution in [3.05, 3.63) is 60.7 Å². The van der Waals surface area contributed by atoms with Crippen molar-refractivity contribution in [1.29, 1.82) is 0 Å². The minimum atomic E-state index is -0.521. The highest BCUT2D eigenvalue weighted by atomic mass is 16.5. The first-order valence-electron chi connectivity index (χ1n) is 9.22. The largest absolute Gasteiger partial charge is 0.469 e. The summed E-state index contributed by atoms with van der Waals surface area (Å²) in [4.78, 5) is 29.6. The Bertz CT molecular complexity index is 836. The number of nitrogens with zero attached hydrogens (tertiary/aromatic N) is 1. The molecule has 1 aliphatic carbocycles. The van der Waals surface area contributed by atoms with E-state index in [0.717, 1.165) is 11.4 Å². The molecule has 146 valence electrons. The van der Waals surface area contributed by atoms with E-state index in [9.17, 15) is 9.59 Å². The molecular formula is C22H24N2O4. The molecule has 1 fully saturated rings. The average Bonchev–Trinajstić information content (AvgIpc) is 2.74. The molecule has 3 unspecified atom stereocenters. The monoisotopic (exact) mass is 380 g/mol. The summed E-state index contributed by atoms with van der Waals surface area (Å²) in [5, 5.41) is 3.38. The van der Waals surface area contributed by atoms with Gasteiger partial charge in [0, 0.05) is 23.9 Å². The van der Waals surface area contributed by atoms with Crippen LogP contribution in [0.3, 0.4) is 0 Å². The van der Waals surface area contributed by atoms with Crippen LogP contribution in [0.2, 0.25) is 0 Å². The van der Waals surface area contributed by atoms with Crippen LogP contribution in [0.25, 0.3) is 0 Å². The summed E-state index contributed by atoms with van der Waals surface area (Å²) in [6.07, 6.45) is 0.721. The van der Waals surface area contributed by atoms with Crippen LogP contribution in [0.5, 0.6) is 0 Å². The van der Waals surface area contributed by atoms with Crippen molar-refractivity contribution < 1.29 is 19.1 Å². The van der Waals surface area contributed by atoms with Crippen LogP contribution >= 0.6 is 0 Å². The molecule has 0 aliphatic heterocycles. The highest BCUT2D eigenvalue weighted by Gasteiger charge is 2.42. The standard InChI is InChI=1S/C22H24N2O4/c1-27-21(25)17-13-20(24-16-11-7-4-8-12-16)18(22(26)28-2)14-19(17)23-15-9-5-3-6-10-15/h3-12,17-19,23H,13-14H2,1-2H3. The van der Waals surface area contributed by atoms with Gasteiger partial charge < -0.3 is 14.8 Å². The normalized spacial score (nSPS) is 23.1. The molecule has 6 nitrogen and oxygen atoms in total. The van der Waals surface area contributed by atoms with Gasteiger partial charge in [0.15, 0.2) is 0 Å². The number of rotatable bonds is 5. The van der Waals surface area contributed by atoms with E-state index in [2.05, 4.69) is 10.3 Å². The summed E-state index contributed by atoms with van der Waals surface area (Å²) in [5.41, 5.74) is 2.26. The predicted molar refractivity (Wildman–Crippen MR) is 108 cm³/mol. The molecule has 1 N–H and O–H groups in total. The van der Waals surface area contributed by atoms with Gasteiger partial charge in [0.25, 0.3) is 0 Å². The molecule has 1 saturated carbocycles. The van der Waals surface area contributed by atoms with Crippen LogP contribution < -0.4 is 5.32 Å². The zero-order valence-corrected chi connectivity index (χ0v) is 16.0. The molecule has 28 heavy (non-hydrogen) atoms. The van der Waals surface area contributed by atoms with Crippen LogP contribution in [0.1, 0.15) is 12.8 Å². The van der Waals surface area contributed by atoms with Gasteiger partial charge in [-0.15, -0.1) is 0 Å². The lowest BCUT2D eigenvalue weighted by atomic mass is 9.76. The summed E-state index contributed by atoms with van der Waals surface area (Å²) in [5.74, 6) is -1.64. The number of carbonyl (C=O) groups is 2. The Morgan fingerprint density at radius 3 is 2.14 bits per heavy atom. The number of aliphatic imine (C=N–C) groups is 1. The first kappa shape index (κ1) is 19.6. The molecule has 0 bridgehead atoms. The molecule has 2 aromatic rings. The smallest absolute Gasteiger partial charge is 0.314 e. The van der Waals surface area contributed by atoms with Crippen molar-refractivity contribution in [2.24, 2.45) is 16.8 Å². The average molecular weight is 380 g/mol. The van der Waals surface area contributed by atoms with E-state index in [1.54, 1.807) is 0 Å². The van der Waals surface area contributed by atoms with E-state index in [-0.39, 0.29) is 18.0 Å². The van der Waals surface area contributed by atoms with Crippen LogP contribution in [-0.2, 0) is 19.1 Å². The van der Waals surface area contributed by atoms with Crippen molar-refractivity contribution in [2.45, 2.75) is 18.9 Å². The number of ether oxygens (including phenoxy) is 2. The molecule has 0 aromatic heterocycles. The molecule has 0 heterocycles. The van der Waals surface area contributed by atoms with Crippen LogP contribution in [0.4, 0.5) is 11.4 Å². The number of methoxy groups -OCH3 is 2. The summed E-state index contributed by atoms with van der Waals surface area (Å²) in [6, 6.07) is 18.7. The first-order chi connectivity index (χ1) is 13.6. The van der Waals surface area contributed by atoms with E-state index in [4.69, 9.17) is 9.47 Å². The van der Waals surface area contributed by atoms with Gasteiger partial charge in [-0.3, -0.25) is 14.6 Å². The number of nitrogens with one attached hydrogen (secondary N) is 1. The molecule has 0 spiro atoms. The minimum Gasteiger partial charge on any atom is -0.469 e. The lowest BCUT2D eigenvalue weighted by molar-refractivity contribution is -0.148. The second-order valence-electron chi connectivity index (χ2n) is 6.70. The molecule has 3 atom stereocenters. The van der Waals surface area contributed by atoms with E-state index in [0.29, 0.717) is 18.6 Å². The number of esters is 2. The first-order valence-corrected chi connectivity index (χ1v) is 9.22. The maximum Gasteiger partial charge on any atom is 0.314 e. The lowest BCUT2D eigenvalue weighted by Gasteiger charge is -2.35. The van der Waals surface area contributed by atoms with Gasteiger partial charge >= 0.3 is 11.9 Å². The fraction of sp³-hybridized carbons (Fsp3) is 0.318. The minimum absolute atomic E-state index is 0.270. The van der Waals surface area contributed by atoms with Gasteiger partial charge in [-0.05, 0) is 30.7 Å². The summed E-state index contributed by atoms with van der Waals surface area (Å²) in [7, 11) is 2.75. The highest BCUT2D eigenvalue weighted by Crippen LogP contribution is 2.33. The van der Waals surface area contributed by atoms with Crippen LogP contribution in [-0.4, -0.2) is 37.9 Å². The van der Waals surface area contributed by atoms with Gasteiger partial charge in [-0.1, -0.05) is 36.4 Å². The molecule has 6 heteroatoms. The molecule has 0 radical (unpaired) electrons. The van der Waals surface area contributed by atoms with E-state index < -0.39 is 11.8 Å². The van der Waals surface area contributed by atoms with Crippen molar-refractivity contribution >= 4 is 29.0 Å². The second-order valence-corrected chi connectivity index (χ2v) is 6.70. The number of para-hydroxylation sites is 2. The third kappa shape index (κ3) is 4.57. The number of hydrogen-bond donors (Lipinski definition) is 1. The maximum atomic E-state index is 12.5. The van der Waals surface area contributed by atoms with Crippen LogP contribution in [0, 0.1) is 11.8 Å². The zero-order chi connectivity index (χ0) is 19.9. The molecular weight excluding hydrogens is 356 g/mol. The number of benzene rings is 2. The van der Waals surface area contributed by atoms with E-state index in [1.807, 2.05) is 60.7 Å². The topological polar surface area (TPSA) is 77.0 Å². The van der Waals surface area contributed by atoms with Crippen LogP contribution in [0.15, 0.2) is 65.7 Å². The Kier molecular flexibility index (Phi) is 6.42.